The Kier molecular flexibility index (Phi) is 4.16. The molecule has 5 nitrogen and oxygen atoms in total. The summed E-state index contributed by atoms with van der Waals surface area (Å²) >= 11 is 0. The first kappa shape index (κ1) is 13.5. The summed E-state index contributed by atoms with van der Waals surface area (Å²) < 4.78 is 5.34. The minimum Gasteiger partial charge on any atom is -0.368 e. The smallest absolute Gasteiger partial charge is 0.253 e. The van der Waals surface area contributed by atoms with Crippen LogP contribution in [0.2, 0.25) is 0 Å². The Morgan fingerprint density at radius 3 is 2.53 bits per heavy atom. The van der Waals surface area contributed by atoms with Crippen LogP contribution in [0.5, 0.6) is 0 Å². The van der Waals surface area contributed by atoms with Gasteiger partial charge in [0, 0.05) is 24.9 Å². The van der Waals surface area contributed by atoms with Crippen LogP contribution in [0, 0.1) is 6.92 Å². The van der Waals surface area contributed by atoms with E-state index in [4.69, 9.17) is 4.74 Å². The number of ether oxygens (including phenoxy) is 1. The molecule has 0 saturated carbocycles. The molecule has 1 unspecified atom stereocenters. The van der Waals surface area contributed by atoms with Crippen LogP contribution < -0.4 is 10.6 Å². The van der Waals surface area contributed by atoms with Crippen molar-refractivity contribution in [2.75, 3.05) is 17.2 Å². The molecule has 0 spiro atoms. The summed E-state index contributed by atoms with van der Waals surface area (Å²) in [5, 5.41) is 5.59. The molecule has 1 aliphatic heterocycles. The van der Waals surface area contributed by atoms with Gasteiger partial charge in [-0.3, -0.25) is 9.59 Å². The largest absolute Gasteiger partial charge is 0.368 e. The molecule has 2 rings (SSSR count). The molecular formula is C14H18N2O3. The molecule has 5 heteroatoms. The zero-order valence-electron chi connectivity index (χ0n) is 11.2. The van der Waals surface area contributed by atoms with E-state index in [1.807, 2.05) is 13.0 Å². The normalized spacial score (nSPS) is 18.1. The van der Waals surface area contributed by atoms with Crippen molar-refractivity contribution < 1.29 is 14.3 Å². The van der Waals surface area contributed by atoms with E-state index in [-0.39, 0.29) is 17.9 Å². The predicted octanol–water partition coefficient (Wildman–Crippen LogP) is 2.07. The van der Waals surface area contributed by atoms with Crippen molar-refractivity contribution in [3.8, 4) is 0 Å². The predicted molar refractivity (Wildman–Crippen MR) is 73.1 cm³/mol. The highest BCUT2D eigenvalue weighted by Gasteiger charge is 2.24. The first-order chi connectivity index (χ1) is 9.08. The molecule has 0 bridgehead atoms. The Balaban J connectivity index is 2.11. The van der Waals surface area contributed by atoms with E-state index in [2.05, 4.69) is 10.6 Å². The zero-order chi connectivity index (χ0) is 13.8. The van der Waals surface area contributed by atoms with E-state index in [9.17, 15) is 9.59 Å². The van der Waals surface area contributed by atoms with Gasteiger partial charge in [0.2, 0.25) is 5.91 Å². The highest BCUT2D eigenvalue weighted by Crippen LogP contribution is 2.24. The highest BCUT2D eigenvalue weighted by atomic mass is 16.5. The summed E-state index contributed by atoms with van der Waals surface area (Å²) in [5.41, 5.74) is 2.24. The molecule has 1 atom stereocenters. The van der Waals surface area contributed by atoms with Crippen LogP contribution in [0.3, 0.4) is 0 Å². The van der Waals surface area contributed by atoms with E-state index in [0.29, 0.717) is 18.0 Å². The topological polar surface area (TPSA) is 67.4 Å². The summed E-state index contributed by atoms with van der Waals surface area (Å²) in [6.07, 6.45) is 1.32. The van der Waals surface area contributed by atoms with Gasteiger partial charge >= 0.3 is 0 Å². The summed E-state index contributed by atoms with van der Waals surface area (Å²) in [6, 6.07) is 5.41. The first-order valence-corrected chi connectivity index (χ1v) is 6.37. The lowest BCUT2D eigenvalue weighted by Crippen LogP contribution is -2.27. The quantitative estimate of drug-likeness (QED) is 0.876. The van der Waals surface area contributed by atoms with Crippen molar-refractivity contribution in [1.82, 2.24) is 0 Å². The van der Waals surface area contributed by atoms with Gasteiger partial charge in [-0.05, 0) is 37.5 Å². The zero-order valence-corrected chi connectivity index (χ0v) is 11.2. The molecule has 0 aliphatic carbocycles. The average molecular weight is 262 g/mol. The maximum Gasteiger partial charge on any atom is 0.253 e. The molecule has 2 N–H and O–H groups in total. The van der Waals surface area contributed by atoms with E-state index in [1.165, 1.54) is 6.92 Å². The van der Waals surface area contributed by atoms with Gasteiger partial charge in [0.15, 0.2) is 0 Å². The lowest BCUT2D eigenvalue weighted by molar-refractivity contribution is -0.124. The lowest BCUT2D eigenvalue weighted by Gasteiger charge is -2.15. The van der Waals surface area contributed by atoms with Crippen molar-refractivity contribution in [3.63, 3.8) is 0 Å². The minimum absolute atomic E-state index is 0.124. The fourth-order valence-corrected chi connectivity index (χ4v) is 2.09. The number of hydrogen-bond acceptors (Lipinski definition) is 3. The van der Waals surface area contributed by atoms with Gasteiger partial charge in [-0.15, -0.1) is 0 Å². The fourth-order valence-electron chi connectivity index (χ4n) is 2.09. The van der Waals surface area contributed by atoms with Gasteiger partial charge in [-0.1, -0.05) is 6.07 Å². The van der Waals surface area contributed by atoms with Gasteiger partial charge in [0.25, 0.3) is 5.91 Å². The molecule has 1 aliphatic rings. The number of benzene rings is 1. The Bertz CT molecular complexity index is 493. The lowest BCUT2D eigenvalue weighted by atomic mass is 10.1. The standard InChI is InChI=1S/C14H18N2O3/c1-9-11(15-10(2)17)5-3-6-12(9)16-14(18)13-7-4-8-19-13/h3,5-6,13H,4,7-8H2,1-2H3,(H,15,17)(H,16,18). The van der Waals surface area contributed by atoms with Crippen LogP contribution in [0.15, 0.2) is 18.2 Å². The molecule has 2 amide bonds. The molecule has 1 fully saturated rings. The van der Waals surface area contributed by atoms with E-state index in [1.54, 1.807) is 12.1 Å². The third-order valence-electron chi connectivity index (χ3n) is 3.12. The van der Waals surface area contributed by atoms with Crippen molar-refractivity contribution >= 4 is 23.2 Å². The molecule has 19 heavy (non-hydrogen) atoms. The minimum atomic E-state index is -0.358. The Hall–Kier alpha value is -1.88. The van der Waals surface area contributed by atoms with Gasteiger partial charge in [0.05, 0.1) is 0 Å². The summed E-state index contributed by atoms with van der Waals surface area (Å²) in [6.45, 7) is 3.95. The van der Waals surface area contributed by atoms with Crippen molar-refractivity contribution in [2.24, 2.45) is 0 Å². The summed E-state index contributed by atoms with van der Waals surface area (Å²) in [7, 11) is 0. The molecular weight excluding hydrogens is 244 g/mol. The Morgan fingerprint density at radius 1 is 1.26 bits per heavy atom. The van der Waals surface area contributed by atoms with Gasteiger partial charge in [-0.2, -0.15) is 0 Å². The SMILES string of the molecule is CC(=O)Nc1cccc(NC(=O)C2CCCO2)c1C. The number of carbonyl (C=O) groups is 2. The maximum atomic E-state index is 12.0. The average Bonchev–Trinajstić information content (AvgIpc) is 2.87. The van der Waals surface area contributed by atoms with Crippen LogP contribution >= 0.6 is 0 Å². The van der Waals surface area contributed by atoms with Crippen molar-refractivity contribution in [3.05, 3.63) is 23.8 Å². The van der Waals surface area contributed by atoms with Gasteiger partial charge in [0.1, 0.15) is 6.10 Å². The number of nitrogens with one attached hydrogen (secondary N) is 2. The Labute approximate surface area is 112 Å². The molecule has 1 aromatic carbocycles. The third kappa shape index (κ3) is 3.32. The summed E-state index contributed by atoms with van der Waals surface area (Å²) in [4.78, 5) is 23.1. The second kappa shape index (κ2) is 5.84. The fraction of sp³-hybridized carbons (Fsp3) is 0.429. The van der Waals surface area contributed by atoms with E-state index < -0.39 is 0 Å². The van der Waals surface area contributed by atoms with Crippen molar-refractivity contribution in [1.29, 1.82) is 0 Å². The van der Waals surface area contributed by atoms with Crippen LogP contribution in [-0.2, 0) is 14.3 Å². The number of hydrogen-bond donors (Lipinski definition) is 2. The second-order valence-electron chi connectivity index (χ2n) is 4.65. The molecule has 0 radical (unpaired) electrons. The first-order valence-electron chi connectivity index (χ1n) is 6.37. The molecule has 0 aromatic heterocycles. The number of carbonyl (C=O) groups excluding carboxylic acids is 2. The van der Waals surface area contributed by atoms with Gasteiger partial charge < -0.3 is 15.4 Å². The summed E-state index contributed by atoms with van der Waals surface area (Å²) in [5.74, 6) is -0.258. The molecule has 1 saturated heterocycles. The van der Waals surface area contributed by atoms with Crippen molar-refractivity contribution in [2.45, 2.75) is 32.8 Å². The molecule has 1 aromatic rings. The van der Waals surface area contributed by atoms with E-state index in [0.717, 1.165) is 18.4 Å². The van der Waals surface area contributed by atoms with Crippen LogP contribution in [0.25, 0.3) is 0 Å². The highest BCUT2D eigenvalue weighted by molar-refractivity contribution is 5.97. The van der Waals surface area contributed by atoms with Gasteiger partial charge in [-0.25, -0.2) is 0 Å². The number of anilines is 2. The van der Waals surface area contributed by atoms with E-state index >= 15 is 0 Å². The van der Waals surface area contributed by atoms with Crippen LogP contribution in [0.4, 0.5) is 11.4 Å². The number of amides is 2. The number of rotatable bonds is 3. The second-order valence-corrected chi connectivity index (χ2v) is 4.65. The van der Waals surface area contributed by atoms with Crippen LogP contribution in [0.1, 0.15) is 25.3 Å². The Morgan fingerprint density at radius 2 is 1.95 bits per heavy atom. The monoisotopic (exact) mass is 262 g/mol. The van der Waals surface area contributed by atoms with Crippen LogP contribution in [-0.4, -0.2) is 24.5 Å². The molecule has 102 valence electrons. The maximum absolute atomic E-state index is 12.0. The molecule has 1 heterocycles. The third-order valence-corrected chi connectivity index (χ3v) is 3.12.